The third kappa shape index (κ3) is 5.56. The molecule has 2 unspecified atom stereocenters. The van der Waals surface area contributed by atoms with Crippen LogP contribution in [0.2, 0.25) is 0 Å². The summed E-state index contributed by atoms with van der Waals surface area (Å²) in [6.07, 6.45) is 3.70. The van der Waals surface area contributed by atoms with E-state index >= 15 is 0 Å². The van der Waals surface area contributed by atoms with Crippen LogP contribution in [0.3, 0.4) is 0 Å². The van der Waals surface area contributed by atoms with Crippen LogP contribution in [0.5, 0.6) is 0 Å². The lowest BCUT2D eigenvalue weighted by Crippen LogP contribution is -2.42. The van der Waals surface area contributed by atoms with Crippen molar-refractivity contribution in [1.82, 2.24) is 10.6 Å². The van der Waals surface area contributed by atoms with E-state index in [-0.39, 0.29) is 18.0 Å². The Morgan fingerprint density at radius 1 is 1.35 bits per heavy atom. The van der Waals surface area contributed by atoms with E-state index in [1.165, 1.54) is 12.8 Å². The van der Waals surface area contributed by atoms with E-state index in [1.807, 2.05) is 6.92 Å². The van der Waals surface area contributed by atoms with Crippen LogP contribution in [-0.4, -0.2) is 29.7 Å². The van der Waals surface area contributed by atoms with Crippen molar-refractivity contribution >= 4 is 12.0 Å². The summed E-state index contributed by atoms with van der Waals surface area (Å²) < 4.78 is 0. The first kappa shape index (κ1) is 13.8. The van der Waals surface area contributed by atoms with E-state index in [4.69, 9.17) is 5.11 Å². The molecule has 0 aromatic rings. The van der Waals surface area contributed by atoms with Gasteiger partial charge in [0.25, 0.3) is 0 Å². The monoisotopic (exact) mass is 242 g/mol. The summed E-state index contributed by atoms with van der Waals surface area (Å²) in [6.45, 7) is 4.22. The molecule has 0 radical (unpaired) electrons. The molecule has 1 rings (SSSR count). The Hall–Kier alpha value is -1.26. The van der Waals surface area contributed by atoms with Crippen molar-refractivity contribution in [3.8, 4) is 0 Å². The number of carboxylic acids is 1. The number of carbonyl (C=O) groups excluding carboxylic acids is 1. The van der Waals surface area contributed by atoms with Crippen LogP contribution in [0.25, 0.3) is 0 Å². The third-order valence-electron chi connectivity index (χ3n) is 3.21. The van der Waals surface area contributed by atoms with Gasteiger partial charge in [-0.05, 0) is 38.5 Å². The Morgan fingerprint density at radius 2 is 2.00 bits per heavy atom. The van der Waals surface area contributed by atoms with Crippen molar-refractivity contribution < 1.29 is 14.7 Å². The van der Waals surface area contributed by atoms with E-state index in [9.17, 15) is 9.59 Å². The molecule has 0 saturated heterocycles. The molecular formula is C12H22N2O3. The van der Waals surface area contributed by atoms with Gasteiger partial charge in [0, 0.05) is 12.6 Å². The molecule has 1 fully saturated rings. The second-order valence-corrected chi connectivity index (χ2v) is 4.91. The first-order chi connectivity index (χ1) is 8.00. The Labute approximate surface area is 102 Å². The molecule has 0 aromatic heterocycles. The van der Waals surface area contributed by atoms with Crippen LogP contribution in [-0.2, 0) is 4.79 Å². The molecule has 98 valence electrons. The minimum absolute atomic E-state index is 0.146. The Balaban J connectivity index is 2.01. The molecule has 2 amide bonds. The van der Waals surface area contributed by atoms with E-state index in [2.05, 4.69) is 10.6 Å². The van der Waals surface area contributed by atoms with Crippen molar-refractivity contribution in [3.63, 3.8) is 0 Å². The van der Waals surface area contributed by atoms with Crippen molar-refractivity contribution in [2.24, 2.45) is 11.8 Å². The van der Waals surface area contributed by atoms with E-state index in [0.717, 1.165) is 0 Å². The number of hydrogen-bond donors (Lipinski definition) is 3. The van der Waals surface area contributed by atoms with Crippen LogP contribution in [0, 0.1) is 11.8 Å². The normalized spacial score (nSPS) is 18.2. The summed E-state index contributed by atoms with van der Waals surface area (Å²) >= 11 is 0. The summed E-state index contributed by atoms with van der Waals surface area (Å²) in [5, 5.41) is 14.3. The molecule has 1 aliphatic rings. The van der Waals surface area contributed by atoms with Gasteiger partial charge in [0.1, 0.15) is 0 Å². The fraction of sp³-hybridized carbons (Fsp3) is 0.833. The SMILES string of the molecule is CC(CCCNC(=O)NC(C)C1CC1)C(=O)O. The van der Waals surface area contributed by atoms with Gasteiger partial charge in [-0.1, -0.05) is 6.92 Å². The standard InChI is InChI=1S/C12H22N2O3/c1-8(11(15)16)4-3-7-13-12(17)14-9(2)10-5-6-10/h8-10H,3-7H2,1-2H3,(H,15,16)(H2,13,14,17). The maximum Gasteiger partial charge on any atom is 0.315 e. The van der Waals surface area contributed by atoms with E-state index in [0.29, 0.717) is 25.3 Å². The molecule has 0 aliphatic heterocycles. The van der Waals surface area contributed by atoms with Crippen molar-refractivity contribution in [2.75, 3.05) is 6.54 Å². The predicted octanol–water partition coefficient (Wildman–Crippen LogP) is 1.58. The zero-order chi connectivity index (χ0) is 12.8. The van der Waals surface area contributed by atoms with E-state index in [1.54, 1.807) is 6.92 Å². The molecule has 0 aromatic carbocycles. The summed E-state index contributed by atoms with van der Waals surface area (Å²) in [6, 6.07) is 0.0975. The largest absolute Gasteiger partial charge is 0.481 e. The Kier molecular flexibility index (Phi) is 5.25. The molecule has 0 bridgehead atoms. The summed E-state index contributed by atoms with van der Waals surface area (Å²) in [7, 11) is 0. The highest BCUT2D eigenvalue weighted by Crippen LogP contribution is 2.32. The van der Waals surface area contributed by atoms with Crippen molar-refractivity contribution in [1.29, 1.82) is 0 Å². The number of carboxylic acid groups (broad SMARTS) is 1. The van der Waals surface area contributed by atoms with Crippen LogP contribution in [0.15, 0.2) is 0 Å². The minimum Gasteiger partial charge on any atom is -0.481 e. The molecule has 1 aliphatic carbocycles. The fourth-order valence-electron chi connectivity index (χ4n) is 1.71. The predicted molar refractivity (Wildman–Crippen MR) is 64.8 cm³/mol. The molecule has 0 heterocycles. The van der Waals surface area contributed by atoms with Crippen LogP contribution < -0.4 is 10.6 Å². The molecule has 3 N–H and O–H groups in total. The van der Waals surface area contributed by atoms with Gasteiger partial charge in [0.05, 0.1) is 5.92 Å². The maximum absolute atomic E-state index is 11.4. The third-order valence-corrected chi connectivity index (χ3v) is 3.21. The zero-order valence-corrected chi connectivity index (χ0v) is 10.5. The number of rotatable bonds is 7. The van der Waals surface area contributed by atoms with Gasteiger partial charge in [-0.25, -0.2) is 4.79 Å². The number of carbonyl (C=O) groups is 2. The van der Waals surface area contributed by atoms with Crippen molar-refractivity contribution in [2.45, 2.75) is 45.6 Å². The Morgan fingerprint density at radius 3 is 2.53 bits per heavy atom. The number of amides is 2. The summed E-state index contributed by atoms with van der Waals surface area (Å²) in [5.41, 5.74) is 0. The van der Waals surface area contributed by atoms with Crippen LogP contribution >= 0.6 is 0 Å². The van der Waals surface area contributed by atoms with Gasteiger partial charge in [-0.3, -0.25) is 4.79 Å². The second kappa shape index (κ2) is 6.47. The average Bonchev–Trinajstić information content (AvgIpc) is 3.07. The first-order valence-corrected chi connectivity index (χ1v) is 6.28. The summed E-state index contributed by atoms with van der Waals surface area (Å²) in [5.74, 6) is -0.477. The van der Waals surface area contributed by atoms with Gasteiger partial charge in [-0.15, -0.1) is 0 Å². The quantitative estimate of drug-likeness (QED) is 0.593. The maximum atomic E-state index is 11.4. The van der Waals surface area contributed by atoms with Crippen LogP contribution in [0.1, 0.15) is 39.5 Å². The first-order valence-electron chi connectivity index (χ1n) is 6.28. The van der Waals surface area contributed by atoms with E-state index < -0.39 is 5.97 Å². The molecule has 2 atom stereocenters. The van der Waals surface area contributed by atoms with Gasteiger partial charge in [0.15, 0.2) is 0 Å². The highest BCUT2D eigenvalue weighted by Gasteiger charge is 2.28. The van der Waals surface area contributed by atoms with Crippen LogP contribution in [0.4, 0.5) is 4.79 Å². The molecular weight excluding hydrogens is 220 g/mol. The highest BCUT2D eigenvalue weighted by molar-refractivity contribution is 5.74. The molecule has 1 saturated carbocycles. The minimum atomic E-state index is -0.781. The van der Waals surface area contributed by atoms with Gasteiger partial charge < -0.3 is 15.7 Å². The lowest BCUT2D eigenvalue weighted by Gasteiger charge is -2.13. The number of aliphatic carboxylic acids is 1. The number of urea groups is 1. The zero-order valence-electron chi connectivity index (χ0n) is 10.5. The molecule has 17 heavy (non-hydrogen) atoms. The summed E-state index contributed by atoms with van der Waals surface area (Å²) in [4.78, 5) is 22.0. The molecule has 5 nitrogen and oxygen atoms in total. The lowest BCUT2D eigenvalue weighted by atomic mass is 10.1. The van der Waals surface area contributed by atoms with Gasteiger partial charge in [-0.2, -0.15) is 0 Å². The van der Waals surface area contributed by atoms with Gasteiger partial charge >= 0.3 is 12.0 Å². The number of nitrogens with one attached hydrogen (secondary N) is 2. The van der Waals surface area contributed by atoms with Crippen molar-refractivity contribution in [3.05, 3.63) is 0 Å². The second-order valence-electron chi connectivity index (χ2n) is 4.91. The van der Waals surface area contributed by atoms with Gasteiger partial charge in [0.2, 0.25) is 0 Å². The molecule has 0 spiro atoms. The Bertz CT molecular complexity index is 277. The topological polar surface area (TPSA) is 78.4 Å². The fourth-order valence-corrected chi connectivity index (χ4v) is 1.71. The number of hydrogen-bond acceptors (Lipinski definition) is 2. The highest BCUT2D eigenvalue weighted by atomic mass is 16.4. The smallest absolute Gasteiger partial charge is 0.315 e. The average molecular weight is 242 g/mol. The molecule has 5 heteroatoms. The lowest BCUT2D eigenvalue weighted by molar-refractivity contribution is -0.141.